The van der Waals surface area contributed by atoms with Gasteiger partial charge in [0.1, 0.15) is 18.0 Å². The van der Waals surface area contributed by atoms with Crippen LogP contribution in [0.1, 0.15) is 46.1 Å². The highest BCUT2D eigenvalue weighted by Crippen LogP contribution is 2.47. The largest absolute Gasteiger partial charge is 0.490 e. The summed E-state index contributed by atoms with van der Waals surface area (Å²) in [5.74, 6) is -4.19. The van der Waals surface area contributed by atoms with E-state index in [9.17, 15) is 27.9 Å². The molecule has 0 saturated carbocycles. The van der Waals surface area contributed by atoms with Crippen LogP contribution in [-0.4, -0.2) is 87.2 Å². The van der Waals surface area contributed by atoms with Gasteiger partial charge in [0.2, 0.25) is 5.75 Å². The molecule has 2 amide bonds. The average molecular weight is 609 g/mol. The van der Waals surface area contributed by atoms with Crippen molar-refractivity contribution in [2.45, 2.75) is 44.2 Å². The maximum atomic E-state index is 14.4. The van der Waals surface area contributed by atoms with Crippen molar-refractivity contribution < 1.29 is 37.3 Å². The van der Waals surface area contributed by atoms with Gasteiger partial charge in [-0.15, -0.1) is 11.3 Å². The maximum Gasteiger partial charge on any atom is 0.392 e. The molecule has 3 aromatic rings. The molecule has 3 atom stereocenters. The number of nitrogens with two attached hydrogens (primary N) is 1. The van der Waals surface area contributed by atoms with Gasteiger partial charge in [-0.3, -0.25) is 4.79 Å². The van der Waals surface area contributed by atoms with Crippen molar-refractivity contribution in [3.05, 3.63) is 57.7 Å². The van der Waals surface area contributed by atoms with Gasteiger partial charge in [-0.2, -0.15) is 23.0 Å². The van der Waals surface area contributed by atoms with Crippen molar-refractivity contribution in [3.8, 4) is 11.6 Å². The average Bonchev–Trinajstić information content (AvgIpc) is 3.75. The zero-order valence-electron chi connectivity index (χ0n) is 22.8. The van der Waals surface area contributed by atoms with Gasteiger partial charge < -0.3 is 30.1 Å². The normalized spacial score (nSPS) is 21.0. The van der Waals surface area contributed by atoms with Crippen LogP contribution in [0.4, 0.5) is 18.0 Å². The topological polar surface area (TPSA) is 136 Å². The summed E-state index contributed by atoms with van der Waals surface area (Å²) in [6, 6.07) is 6.77. The van der Waals surface area contributed by atoms with E-state index in [1.165, 1.54) is 39.1 Å². The Bertz CT molecular complexity index is 1400. The number of alkyl halides is 3. The summed E-state index contributed by atoms with van der Waals surface area (Å²) in [4.78, 5) is 33.4. The molecule has 15 heteroatoms. The molecule has 4 heterocycles. The minimum atomic E-state index is -4.61. The van der Waals surface area contributed by atoms with Crippen LogP contribution in [0.2, 0.25) is 0 Å². The summed E-state index contributed by atoms with van der Waals surface area (Å²) in [7, 11) is 1.26. The molecule has 42 heavy (non-hydrogen) atoms. The summed E-state index contributed by atoms with van der Waals surface area (Å²) < 4.78 is 55.6. The van der Waals surface area contributed by atoms with Crippen LogP contribution >= 0.6 is 11.3 Å². The van der Waals surface area contributed by atoms with Gasteiger partial charge in [-0.05, 0) is 24.0 Å². The van der Waals surface area contributed by atoms with Crippen LogP contribution in [0.5, 0.6) is 11.6 Å². The monoisotopic (exact) mass is 608 g/mol. The number of hydrogen-bond acceptors (Lipinski definition) is 9. The Kier molecular flexibility index (Phi) is 8.70. The Hall–Kier alpha value is -3.69. The molecule has 0 bridgehead atoms. The number of thiazole rings is 1. The number of urea groups is 1. The number of aliphatic hydroxyl groups is 1. The number of carbonyl (C=O) groups is 2. The first kappa shape index (κ1) is 29.8. The van der Waals surface area contributed by atoms with Gasteiger partial charge in [0.05, 0.1) is 24.6 Å². The number of aromatic nitrogens is 3. The summed E-state index contributed by atoms with van der Waals surface area (Å²) in [5.41, 5.74) is 8.64. The first-order chi connectivity index (χ1) is 20.1. The van der Waals surface area contributed by atoms with E-state index in [0.717, 1.165) is 15.8 Å². The molecule has 1 aromatic carbocycles. The van der Waals surface area contributed by atoms with Crippen LogP contribution in [0.25, 0.3) is 0 Å². The molecule has 2 fully saturated rings. The number of nitrogens with zero attached hydrogens (tertiary/aromatic N) is 5. The summed E-state index contributed by atoms with van der Waals surface area (Å²) in [5, 5.41) is 15.7. The lowest BCUT2D eigenvalue weighted by molar-refractivity contribution is -0.190. The Balaban J connectivity index is 1.52. The van der Waals surface area contributed by atoms with E-state index in [1.54, 1.807) is 12.1 Å². The third kappa shape index (κ3) is 6.08. The van der Waals surface area contributed by atoms with Crippen molar-refractivity contribution in [2.75, 3.05) is 33.3 Å². The van der Waals surface area contributed by atoms with Gasteiger partial charge in [-0.25, -0.2) is 9.78 Å². The number of piperidine rings is 1. The third-order valence-electron chi connectivity index (χ3n) is 7.60. The molecule has 5 rings (SSSR count). The number of aliphatic hydroxyl groups excluding tert-OH is 1. The van der Waals surface area contributed by atoms with E-state index in [1.807, 2.05) is 12.1 Å². The predicted octanol–water partition coefficient (Wildman–Crippen LogP) is 3.23. The van der Waals surface area contributed by atoms with Crippen LogP contribution in [-0.2, 0) is 13.2 Å². The summed E-state index contributed by atoms with van der Waals surface area (Å²) >= 11 is 1.18. The maximum absolute atomic E-state index is 14.4. The number of β-amino-alcohol motifs (C(OH)–C–C–N with tert-alkyl or cyclic N) is 1. The summed E-state index contributed by atoms with van der Waals surface area (Å²) in [6.07, 6.45) is -5.24. The Morgan fingerprint density at radius 2 is 1.81 bits per heavy atom. The summed E-state index contributed by atoms with van der Waals surface area (Å²) in [6.45, 7) is 0.322. The predicted molar refractivity (Wildman–Crippen MR) is 145 cm³/mol. The van der Waals surface area contributed by atoms with Gasteiger partial charge >= 0.3 is 18.1 Å². The van der Waals surface area contributed by atoms with Gasteiger partial charge in [0, 0.05) is 44.0 Å². The van der Waals surface area contributed by atoms with Crippen molar-refractivity contribution in [3.63, 3.8) is 0 Å². The second-order valence-electron chi connectivity index (χ2n) is 10.3. The number of amides is 2. The van der Waals surface area contributed by atoms with Crippen molar-refractivity contribution in [1.29, 1.82) is 0 Å². The van der Waals surface area contributed by atoms with E-state index >= 15 is 0 Å². The second-order valence-corrected chi connectivity index (χ2v) is 11.0. The van der Waals surface area contributed by atoms with Crippen LogP contribution < -0.4 is 15.2 Å². The minimum Gasteiger partial charge on any atom is -0.490 e. The molecule has 2 saturated heterocycles. The van der Waals surface area contributed by atoms with Gasteiger partial charge in [0.25, 0.3) is 5.88 Å². The quantitative estimate of drug-likeness (QED) is 0.418. The number of ether oxygens (including phenoxy) is 2. The highest BCUT2D eigenvalue weighted by molar-refractivity contribution is 7.07. The number of carbonyl (C=O) groups excluding carboxylic acids is 2. The Morgan fingerprint density at radius 1 is 1.12 bits per heavy atom. The molecular weight excluding hydrogens is 577 g/mol. The lowest BCUT2D eigenvalue weighted by Gasteiger charge is -2.40. The van der Waals surface area contributed by atoms with Crippen molar-refractivity contribution in [1.82, 2.24) is 24.6 Å². The first-order valence-corrected chi connectivity index (χ1v) is 14.3. The van der Waals surface area contributed by atoms with Gasteiger partial charge in [0.15, 0.2) is 0 Å². The molecule has 2 aliphatic rings. The lowest BCUT2D eigenvalue weighted by atomic mass is 9.82. The van der Waals surface area contributed by atoms with E-state index in [-0.39, 0.29) is 55.7 Å². The molecule has 226 valence electrons. The van der Waals surface area contributed by atoms with E-state index in [2.05, 4.69) is 10.1 Å². The number of likely N-dealkylation sites (tertiary alicyclic amines) is 2. The fourth-order valence-corrected chi connectivity index (χ4v) is 5.89. The first-order valence-electron chi connectivity index (χ1n) is 13.4. The van der Waals surface area contributed by atoms with Crippen LogP contribution in [0.3, 0.4) is 0 Å². The smallest absolute Gasteiger partial charge is 0.392 e. The van der Waals surface area contributed by atoms with E-state index in [4.69, 9.17) is 15.2 Å². The number of hydrogen-bond donors (Lipinski definition) is 2. The Labute approximate surface area is 243 Å². The molecular formula is C27H31F3N6O5S. The molecule has 0 aliphatic carbocycles. The van der Waals surface area contributed by atoms with Crippen LogP contribution in [0.15, 0.2) is 35.2 Å². The fourth-order valence-electron chi connectivity index (χ4n) is 5.36. The molecule has 3 N–H and O–H groups in total. The van der Waals surface area contributed by atoms with Gasteiger partial charge in [-0.1, -0.05) is 24.3 Å². The van der Waals surface area contributed by atoms with E-state index < -0.39 is 36.1 Å². The molecule has 11 nitrogen and oxygen atoms in total. The molecule has 3 unspecified atom stereocenters. The highest BCUT2D eigenvalue weighted by Gasteiger charge is 2.51. The van der Waals surface area contributed by atoms with E-state index in [0.29, 0.717) is 19.5 Å². The standard InChI is InChI=1S/C27H31F3N6O5S/c1-40-23-22(19-12-35(9-7-20(19)27(28,29)30)26(39)34-8-6-18(37)11-34)33-36(24(38)21-14-42-15-32-21)25(23)41-13-17-4-2-16(10-31)3-5-17/h2-5,14-15,18-20,37H,6-13,31H2,1H3. The zero-order chi connectivity index (χ0) is 30.0. The number of rotatable bonds is 7. The number of halogens is 3. The third-order valence-corrected chi connectivity index (χ3v) is 8.18. The minimum absolute atomic E-state index is 0.0358. The number of benzene rings is 1. The molecule has 2 aliphatic heterocycles. The fraction of sp³-hybridized carbons (Fsp3) is 0.481. The molecule has 2 aromatic heterocycles. The SMILES string of the molecule is COc1c(C2CN(C(=O)N3CCC(O)C3)CCC2C(F)(F)F)nn(C(=O)c2cscn2)c1OCc1ccc(CN)cc1. The second kappa shape index (κ2) is 12.3. The van der Waals surface area contributed by atoms with Crippen molar-refractivity contribution in [2.24, 2.45) is 11.7 Å². The van der Waals surface area contributed by atoms with Crippen molar-refractivity contribution >= 4 is 23.3 Å². The highest BCUT2D eigenvalue weighted by atomic mass is 32.1. The Morgan fingerprint density at radius 3 is 2.40 bits per heavy atom. The molecule has 0 spiro atoms. The number of methoxy groups -OCH3 is 1. The van der Waals surface area contributed by atoms with Crippen LogP contribution in [0, 0.1) is 5.92 Å². The zero-order valence-corrected chi connectivity index (χ0v) is 23.6. The molecule has 0 radical (unpaired) electrons. The lowest BCUT2D eigenvalue weighted by Crippen LogP contribution is -2.51.